The highest BCUT2D eigenvalue weighted by Crippen LogP contribution is 2.14. The van der Waals surface area contributed by atoms with Gasteiger partial charge in [0.15, 0.2) is 0 Å². The molecule has 0 saturated carbocycles. The average Bonchev–Trinajstić information content (AvgIpc) is 2.36. The van der Waals surface area contributed by atoms with Crippen molar-refractivity contribution in [1.82, 2.24) is 4.72 Å². The van der Waals surface area contributed by atoms with Crippen molar-refractivity contribution in [2.45, 2.75) is 19.9 Å². The van der Waals surface area contributed by atoms with Gasteiger partial charge in [-0.25, -0.2) is 13.1 Å². The molecule has 1 rings (SSSR count). The molecule has 0 aliphatic rings. The van der Waals surface area contributed by atoms with E-state index in [1.54, 1.807) is 6.92 Å². The Kier molecular flexibility index (Phi) is 5.35. The highest BCUT2D eigenvalue weighted by molar-refractivity contribution is 7.89. The number of hydrogen-bond donors (Lipinski definition) is 2. The average molecular weight is 266 g/mol. The van der Waals surface area contributed by atoms with Crippen LogP contribution in [0.2, 0.25) is 0 Å². The smallest absolute Gasteiger partial charge is 0.211 e. The van der Waals surface area contributed by atoms with Crippen LogP contribution in [0.4, 0.5) is 0 Å². The zero-order valence-corrected chi connectivity index (χ0v) is 11.4. The van der Waals surface area contributed by atoms with E-state index in [4.69, 9.17) is 5.73 Å². The number of sulfonamides is 1. The van der Waals surface area contributed by atoms with Gasteiger partial charge in [0.2, 0.25) is 10.0 Å². The summed E-state index contributed by atoms with van der Waals surface area (Å²) in [4.78, 5) is 0. The topological polar surface area (TPSA) is 72.2 Å². The Balaban J connectivity index is 2.90. The van der Waals surface area contributed by atoms with Gasteiger partial charge in [0.25, 0.3) is 0 Å². The summed E-state index contributed by atoms with van der Waals surface area (Å²) in [6.07, 6.45) is 0. The van der Waals surface area contributed by atoms with Crippen molar-refractivity contribution in [1.29, 1.82) is 0 Å². The first kappa shape index (κ1) is 14.7. The van der Waals surface area contributed by atoms with Crippen LogP contribution in [-0.2, 0) is 10.0 Å². The normalized spacial score (nSPS) is 12.6. The minimum atomic E-state index is -3.20. The second-order valence-corrected chi connectivity index (χ2v) is 5.92. The van der Waals surface area contributed by atoms with Gasteiger partial charge in [-0.05, 0) is 31.5 Å². The molecule has 4 nitrogen and oxygen atoms in total. The maximum Gasteiger partial charge on any atom is 0.211 e. The second-order valence-electron chi connectivity index (χ2n) is 3.87. The van der Waals surface area contributed by atoms with Crippen molar-refractivity contribution in [2.24, 2.45) is 5.73 Å². The minimum Gasteiger partial charge on any atom is -0.320 e. The molecule has 1 aromatic rings. The zero-order chi connectivity index (χ0) is 13.6. The standard InChI is InChI=1S/C13H18N2O2S/c1-3-18(16,17)15-11(2)13-8-4-6-12(10-13)7-5-9-14/h4,6,8,10-11,15H,3,9,14H2,1-2H3. The van der Waals surface area contributed by atoms with E-state index < -0.39 is 10.0 Å². The number of hydrogen-bond acceptors (Lipinski definition) is 3. The first-order valence-corrected chi connectivity index (χ1v) is 7.42. The third-order valence-corrected chi connectivity index (χ3v) is 3.93. The highest BCUT2D eigenvalue weighted by Gasteiger charge is 2.13. The fraction of sp³-hybridized carbons (Fsp3) is 0.385. The van der Waals surface area contributed by atoms with Crippen LogP contribution >= 0.6 is 0 Å². The molecule has 98 valence electrons. The molecule has 0 bridgehead atoms. The highest BCUT2D eigenvalue weighted by atomic mass is 32.2. The van der Waals surface area contributed by atoms with Gasteiger partial charge in [-0.2, -0.15) is 0 Å². The van der Waals surface area contributed by atoms with Gasteiger partial charge in [-0.3, -0.25) is 0 Å². The van der Waals surface area contributed by atoms with E-state index in [-0.39, 0.29) is 11.8 Å². The number of nitrogens with one attached hydrogen (secondary N) is 1. The molecule has 5 heteroatoms. The lowest BCUT2D eigenvalue weighted by Crippen LogP contribution is -2.28. The van der Waals surface area contributed by atoms with Crippen LogP contribution in [0.15, 0.2) is 24.3 Å². The molecule has 18 heavy (non-hydrogen) atoms. The maximum atomic E-state index is 11.5. The molecular formula is C13H18N2O2S. The molecule has 0 saturated heterocycles. The van der Waals surface area contributed by atoms with E-state index >= 15 is 0 Å². The first-order valence-electron chi connectivity index (χ1n) is 5.77. The molecule has 0 aliphatic carbocycles. The van der Waals surface area contributed by atoms with Crippen LogP contribution in [0.1, 0.15) is 31.0 Å². The monoisotopic (exact) mass is 266 g/mol. The van der Waals surface area contributed by atoms with Gasteiger partial charge in [-0.15, -0.1) is 0 Å². The number of nitrogens with two attached hydrogens (primary N) is 1. The van der Waals surface area contributed by atoms with Crippen molar-refractivity contribution < 1.29 is 8.42 Å². The fourth-order valence-corrected chi connectivity index (χ4v) is 2.30. The summed E-state index contributed by atoms with van der Waals surface area (Å²) in [6.45, 7) is 3.73. The molecule has 0 aromatic heterocycles. The molecule has 3 N–H and O–H groups in total. The molecular weight excluding hydrogens is 248 g/mol. The van der Waals surface area contributed by atoms with Gasteiger partial charge in [0.1, 0.15) is 0 Å². The minimum absolute atomic E-state index is 0.0734. The lowest BCUT2D eigenvalue weighted by Gasteiger charge is -2.13. The van der Waals surface area contributed by atoms with Crippen LogP contribution in [0.3, 0.4) is 0 Å². The molecule has 1 aromatic carbocycles. The summed E-state index contributed by atoms with van der Waals surface area (Å²) in [5, 5.41) is 0. The van der Waals surface area contributed by atoms with Crippen molar-refractivity contribution in [3.63, 3.8) is 0 Å². The molecule has 1 unspecified atom stereocenters. The Morgan fingerprint density at radius 2 is 2.17 bits per heavy atom. The Morgan fingerprint density at radius 3 is 2.78 bits per heavy atom. The van der Waals surface area contributed by atoms with Gasteiger partial charge in [0.05, 0.1) is 12.3 Å². The van der Waals surface area contributed by atoms with Crippen LogP contribution in [-0.4, -0.2) is 20.7 Å². The SMILES string of the molecule is CCS(=O)(=O)NC(C)c1cccc(C#CCN)c1. The van der Waals surface area contributed by atoms with E-state index in [1.165, 1.54) is 0 Å². The van der Waals surface area contributed by atoms with E-state index in [1.807, 2.05) is 31.2 Å². The van der Waals surface area contributed by atoms with Crippen LogP contribution in [0, 0.1) is 11.8 Å². The third-order valence-electron chi connectivity index (χ3n) is 2.46. The summed E-state index contributed by atoms with van der Waals surface area (Å²) in [6, 6.07) is 7.19. The molecule has 0 aliphatic heterocycles. The maximum absolute atomic E-state index is 11.5. The fourth-order valence-electron chi connectivity index (χ4n) is 1.46. The van der Waals surface area contributed by atoms with Gasteiger partial charge >= 0.3 is 0 Å². The molecule has 0 fully saturated rings. The van der Waals surface area contributed by atoms with Crippen molar-refractivity contribution >= 4 is 10.0 Å². The van der Waals surface area contributed by atoms with Crippen LogP contribution < -0.4 is 10.5 Å². The van der Waals surface area contributed by atoms with Gasteiger partial charge in [-0.1, -0.05) is 24.0 Å². The van der Waals surface area contributed by atoms with Crippen molar-refractivity contribution in [2.75, 3.05) is 12.3 Å². The lowest BCUT2D eigenvalue weighted by atomic mass is 10.1. The quantitative estimate of drug-likeness (QED) is 0.799. The molecule has 0 heterocycles. The molecule has 0 spiro atoms. The van der Waals surface area contributed by atoms with Crippen molar-refractivity contribution in [3.05, 3.63) is 35.4 Å². The summed E-state index contributed by atoms with van der Waals surface area (Å²) >= 11 is 0. The second kappa shape index (κ2) is 6.55. The van der Waals surface area contributed by atoms with E-state index in [0.717, 1.165) is 11.1 Å². The summed E-state index contributed by atoms with van der Waals surface area (Å²) in [5.74, 6) is 5.77. The number of rotatable bonds is 4. The summed E-state index contributed by atoms with van der Waals surface area (Å²) in [7, 11) is -3.20. The predicted octanol–water partition coefficient (Wildman–Crippen LogP) is 0.997. The van der Waals surface area contributed by atoms with Gasteiger partial charge < -0.3 is 5.73 Å². The summed E-state index contributed by atoms with van der Waals surface area (Å²) in [5.41, 5.74) is 7.03. The van der Waals surface area contributed by atoms with E-state index in [9.17, 15) is 8.42 Å². The molecule has 0 amide bonds. The molecule has 1 atom stereocenters. The Morgan fingerprint density at radius 1 is 1.44 bits per heavy atom. The Labute approximate surface area is 109 Å². The van der Waals surface area contributed by atoms with Crippen LogP contribution in [0.25, 0.3) is 0 Å². The van der Waals surface area contributed by atoms with Gasteiger partial charge in [0, 0.05) is 11.6 Å². The Bertz CT molecular complexity index is 556. The lowest BCUT2D eigenvalue weighted by molar-refractivity contribution is 0.568. The summed E-state index contributed by atoms with van der Waals surface area (Å²) < 4.78 is 25.6. The Hall–Kier alpha value is -1.35. The van der Waals surface area contributed by atoms with E-state index in [0.29, 0.717) is 6.54 Å². The van der Waals surface area contributed by atoms with Crippen molar-refractivity contribution in [3.8, 4) is 11.8 Å². The van der Waals surface area contributed by atoms with Crippen LogP contribution in [0.5, 0.6) is 0 Å². The number of benzene rings is 1. The third kappa shape index (κ3) is 4.49. The molecule has 0 radical (unpaired) electrons. The van der Waals surface area contributed by atoms with E-state index in [2.05, 4.69) is 16.6 Å². The largest absolute Gasteiger partial charge is 0.320 e. The first-order chi connectivity index (χ1) is 8.48. The zero-order valence-electron chi connectivity index (χ0n) is 10.6. The predicted molar refractivity (Wildman–Crippen MR) is 73.4 cm³/mol.